The number of benzene rings is 1. The lowest BCUT2D eigenvalue weighted by atomic mass is 9.64. The quantitative estimate of drug-likeness (QED) is 0.872. The van der Waals surface area contributed by atoms with E-state index < -0.39 is 0 Å². The maximum absolute atomic E-state index is 6.09. The van der Waals surface area contributed by atoms with Crippen LogP contribution in [0.3, 0.4) is 0 Å². The first kappa shape index (κ1) is 17.1. The van der Waals surface area contributed by atoms with Crippen molar-refractivity contribution in [3.8, 4) is 0 Å². The molecule has 1 aromatic heterocycles. The van der Waals surface area contributed by atoms with Gasteiger partial charge in [-0.2, -0.15) is 0 Å². The predicted octanol–water partition coefficient (Wildman–Crippen LogP) is 4.39. The molecule has 0 atom stereocenters. The van der Waals surface area contributed by atoms with E-state index >= 15 is 0 Å². The lowest BCUT2D eigenvalue weighted by molar-refractivity contribution is 0.278. The van der Waals surface area contributed by atoms with E-state index in [9.17, 15) is 0 Å². The number of allylic oxidation sites excluding steroid dienone is 3. The second kappa shape index (κ2) is 6.76. The Morgan fingerprint density at radius 1 is 1.23 bits per heavy atom. The van der Waals surface area contributed by atoms with Gasteiger partial charge in [0.2, 0.25) is 0 Å². The molecule has 2 aromatic rings. The van der Waals surface area contributed by atoms with E-state index in [1.165, 1.54) is 17.6 Å². The van der Waals surface area contributed by atoms with Gasteiger partial charge in [-0.3, -0.25) is 0 Å². The Bertz CT molecular complexity index is 899. The molecule has 0 unspecified atom stereocenters. The largest absolute Gasteiger partial charge is 0.387 e. The van der Waals surface area contributed by atoms with Crippen LogP contribution in [-0.2, 0) is 12.5 Å². The fourth-order valence-corrected chi connectivity index (χ4v) is 4.04. The first-order chi connectivity index (χ1) is 12.6. The zero-order chi connectivity index (χ0) is 18.1. The molecular formula is C21H23ClN4. The Hall–Kier alpha value is -2.33. The van der Waals surface area contributed by atoms with Crippen LogP contribution >= 0.6 is 11.6 Å². The molecule has 134 valence electrons. The number of nitrogens with one attached hydrogen (secondary N) is 1. The standard InChI is InChI=1S/C21H23ClN4/c1-3-16(13-15-9-12-23-14-15)19-24-25-20(26(19)2)21(10-4-11-21)17-5-7-18(22)8-6-17/h3,5-9,12-13,23H,4,10-11,14H2,1-2H3/b15-13-,16-3+. The van der Waals surface area contributed by atoms with Gasteiger partial charge >= 0.3 is 0 Å². The van der Waals surface area contributed by atoms with Crippen molar-refractivity contribution in [1.82, 2.24) is 20.1 Å². The summed E-state index contributed by atoms with van der Waals surface area (Å²) in [4.78, 5) is 0. The third-order valence-corrected chi connectivity index (χ3v) is 5.79. The normalized spacial score (nSPS) is 20.3. The summed E-state index contributed by atoms with van der Waals surface area (Å²) in [6.45, 7) is 2.90. The van der Waals surface area contributed by atoms with Gasteiger partial charge in [-0.05, 0) is 61.4 Å². The maximum Gasteiger partial charge on any atom is 0.163 e. The van der Waals surface area contributed by atoms with Crippen molar-refractivity contribution < 1.29 is 0 Å². The van der Waals surface area contributed by atoms with Gasteiger partial charge in [0, 0.05) is 24.2 Å². The predicted molar refractivity (Wildman–Crippen MR) is 106 cm³/mol. The third kappa shape index (κ3) is 2.78. The van der Waals surface area contributed by atoms with Crippen LogP contribution in [0.2, 0.25) is 5.02 Å². The summed E-state index contributed by atoms with van der Waals surface area (Å²) in [5.74, 6) is 1.95. The SMILES string of the molecule is C/C=C(\C=C1\C=CNC1)c1nnc(C2(c3ccc(Cl)cc3)CCC2)n1C. The van der Waals surface area contributed by atoms with Gasteiger partial charge in [-0.1, -0.05) is 36.2 Å². The van der Waals surface area contributed by atoms with Crippen molar-refractivity contribution in [2.75, 3.05) is 6.54 Å². The Morgan fingerprint density at radius 2 is 2.00 bits per heavy atom. The van der Waals surface area contributed by atoms with Crippen LogP contribution in [-0.4, -0.2) is 21.3 Å². The van der Waals surface area contributed by atoms with E-state index in [0.717, 1.165) is 41.6 Å². The molecule has 0 amide bonds. The summed E-state index contributed by atoms with van der Waals surface area (Å²) in [5, 5.41) is 13.2. The molecule has 1 N–H and O–H groups in total. The molecule has 0 radical (unpaired) electrons. The van der Waals surface area contributed by atoms with E-state index in [0.29, 0.717) is 0 Å². The Morgan fingerprint density at radius 3 is 2.58 bits per heavy atom. The van der Waals surface area contributed by atoms with Gasteiger partial charge < -0.3 is 9.88 Å². The van der Waals surface area contributed by atoms with E-state index in [1.54, 1.807) is 0 Å². The summed E-state index contributed by atoms with van der Waals surface area (Å²) in [7, 11) is 2.07. The minimum absolute atomic E-state index is 0.0502. The number of nitrogens with zero attached hydrogens (tertiary/aromatic N) is 3. The molecule has 1 aromatic carbocycles. The number of halogens is 1. The minimum Gasteiger partial charge on any atom is -0.387 e. The molecule has 2 heterocycles. The molecule has 4 nitrogen and oxygen atoms in total. The zero-order valence-corrected chi connectivity index (χ0v) is 15.9. The van der Waals surface area contributed by atoms with E-state index in [4.69, 9.17) is 11.6 Å². The molecule has 1 saturated carbocycles. The monoisotopic (exact) mass is 366 g/mol. The van der Waals surface area contributed by atoms with Gasteiger partial charge in [0.1, 0.15) is 5.82 Å². The lowest BCUT2D eigenvalue weighted by Gasteiger charge is -2.41. The molecule has 26 heavy (non-hydrogen) atoms. The number of rotatable bonds is 4. The molecule has 0 saturated heterocycles. The Labute approximate surface area is 159 Å². The van der Waals surface area contributed by atoms with Crippen LogP contribution in [0.5, 0.6) is 0 Å². The van der Waals surface area contributed by atoms with E-state index in [-0.39, 0.29) is 5.41 Å². The second-order valence-electron chi connectivity index (χ2n) is 7.03. The number of hydrogen-bond acceptors (Lipinski definition) is 3. The van der Waals surface area contributed by atoms with Crippen molar-refractivity contribution in [2.45, 2.75) is 31.6 Å². The molecule has 1 fully saturated rings. The summed E-state index contributed by atoms with van der Waals surface area (Å²) in [6, 6.07) is 8.19. The van der Waals surface area contributed by atoms with Crippen molar-refractivity contribution >= 4 is 17.2 Å². The van der Waals surface area contributed by atoms with Gasteiger partial charge in [0.05, 0.1) is 5.41 Å². The van der Waals surface area contributed by atoms with Crippen LogP contribution in [0.15, 0.2) is 54.3 Å². The summed E-state index contributed by atoms with van der Waals surface area (Å²) >= 11 is 6.09. The van der Waals surface area contributed by atoms with Gasteiger partial charge in [0.15, 0.2) is 5.82 Å². The fraction of sp³-hybridized carbons (Fsp3) is 0.333. The van der Waals surface area contributed by atoms with Gasteiger partial charge in [-0.25, -0.2) is 0 Å². The first-order valence-electron chi connectivity index (χ1n) is 9.07. The van der Waals surface area contributed by atoms with Crippen LogP contribution in [0, 0.1) is 0 Å². The topological polar surface area (TPSA) is 42.7 Å². The van der Waals surface area contributed by atoms with Crippen molar-refractivity contribution in [2.24, 2.45) is 7.05 Å². The molecule has 0 spiro atoms. The highest BCUT2D eigenvalue weighted by atomic mass is 35.5. The highest BCUT2D eigenvalue weighted by molar-refractivity contribution is 6.30. The van der Waals surface area contributed by atoms with Crippen LogP contribution in [0.1, 0.15) is 43.4 Å². The average Bonchev–Trinajstić information content (AvgIpc) is 3.24. The van der Waals surface area contributed by atoms with Crippen molar-refractivity contribution in [1.29, 1.82) is 0 Å². The maximum atomic E-state index is 6.09. The Kier molecular flexibility index (Phi) is 4.45. The highest BCUT2D eigenvalue weighted by Crippen LogP contribution is 2.48. The van der Waals surface area contributed by atoms with Crippen LogP contribution in [0.25, 0.3) is 5.57 Å². The van der Waals surface area contributed by atoms with Gasteiger partial charge in [0.25, 0.3) is 0 Å². The smallest absolute Gasteiger partial charge is 0.163 e. The summed E-state index contributed by atoms with van der Waals surface area (Å²) < 4.78 is 2.16. The van der Waals surface area contributed by atoms with Crippen LogP contribution in [0.4, 0.5) is 0 Å². The second-order valence-corrected chi connectivity index (χ2v) is 7.46. The third-order valence-electron chi connectivity index (χ3n) is 5.54. The Balaban J connectivity index is 1.73. The number of hydrogen-bond donors (Lipinski definition) is 1. The summed E-state index contributed by atoms with van der Waals surface area (Å²) in [6.07, 6.45) is 11.8. The zero-order valence-electron chi connectivity index (χ0n) is 15.2. The van der Waals surface area contributed by atoms with Crippen molar-refractivity contribution in [3.05, 3.63) is 76.5 Å². The minimum atomic E-state index is -0.0502. The molecule has 1 aliphatic heterocycles. The molecule has 0 bridgehead atoms. The van der Waals surface area contributed by atoms with Crippen molar-refractivity contribution in [3.63, 3.8) is 0 Å². The van der Waals surface area contributed by atoms with E-state index in [1.807, 2.05) is 25.3 Å². The van der Waals surface area contributed by atoms with E-state index in [2.05, 4.69) is 57.5 Å². The highest BCUT2D eigenvalue weighted by Gasteiger charge is 2.44. The first-order valence-corrected chi connectivity index (χ1v) is 9.45. The molecule has 5 heteroatoms. The van der Waals surface area contributed by atoms with Crippen LogP contribution < -0.4 is 5.32 Å². The molecular weight excluding hydrogens is 344 g/mol. The average molecular weight is 367 g/mol. The lowest BCUT2D eigenvalue weighted by Crippen LogP contribution is -2.38. The summed E-state index contributed by atoms with van der Waals surface area (Å²) in [5.41, 5.74) is 3.57. The molecule has 4 rings (SSSR count). The molecule has 2 aliphatic rings. The number of aromatic nitrogens is 3. The molecule has 1 aliphatic carbocycles. The van der Waals surface area contributed by atoms with Gasteiger partial charge in [-0.15, -0.1) is 10.2 Å². The fourth-order valence-electron chi connectivity index (χ4n) is 3.92.